The number of carbonyl (C=O) groups excluding carboxylic acids is 1. The van der Waals surface area contributed by atoms with E-state index in [4.69, 9.17) is 5.11 Å². The van der Waals surface area contributed by atoms with Crippen molar-refractivity contribution in [2.75, 3.05) is 11.5 Å². The van der Waals surface area contributed by atoms with Crippen LogP contribution in [-0.2, 0) is 33.9 Å². The molecule has 0 bridgehead atoms. The van der Waals surface area contributed by atoms with Crippen molar-refractivity contribution in [3.63, 3.8) is 0 Å². The number of carboxylic acid groups (broad SMARTS) is 1. The number of hydrogen-bond donors (Lipinski definition) is 2. The van der Waals surface area contributed by atoms with Gasteiger partial charge < -0.3 is 10.4 Å². The molecule has 0 radical (unpaired) electrons. The molecule has 19 heavy (non-hydrogen) atoms. The van der Waals surface area contributed by atoms with E-state index in [0.29, 0.717) is 12.2 Å². The Balaban J connectivity index is 2.47. The summed E-state index contributed by atoms with van der Waals surface area (Å²) in [5.74, 6) is -1.38. The number of aliphatic carboxylic acids is 1. The topological polar surface area (TPSA) is 101 Å². The highest BCUT2D eigenvalue weighted by Crippen LogP contribution is 2.00. The van der Waals surface area contributed by atoms with Crippen molar-refractivity contribution < 1.29 is 18.9 Å². The zero-order valence-corrected chi connectivity index (χ0v) is 11.6. The van der Waals surface area contributed by atoms with Crippen molar-refractivity contribution in [2.24, 2.45) is 7.05 Å². The van der Waals surface area contributed by atoms with E-state index in [0.717, 1.165) is 5.69 Å². The van der Waals surface area contributed by atoms with Crippen LogP contribution in [0.5, 0.6) is 0 Å². The Morgan fingerprint density at radius 3 is 2.74 bits per heavy atom. The molecule has 0 saturated carbocycles. The molecular formula is C11H17N3O4S. The molecule has 106 valence electrons. The molecule has 0 spiro atoms. The van der Waals surface area contributed by atoms with E-state index in [-0.39, 0.29) is 5.75 Å². The first-order valence-electron chi connectivity index (χ1n) is 5.72. The molecule has 0 saturated heterocycles. The van der Waals surface area contributed by atoms with Crippen molar-refractivity contribution >= 4 is 22.7 Å². The van der Waals surface area contributed by atoms with Crippen LogP contribution in [0, 0.1) is 0 Å². The fourth-order valence-electron chi connectivity index (χ4n) is 1.55. The smallest absolute Gasteiger partial charge is 0.327 e. The number of hydrogen-bond acceptors (Lipinski definition) is 4. The summed E-state index contributed by atoms with van der Waals surface area (Å²) < 4.78 is 13.5. The fraction of sp³-hybridized carbons (Fsp3) is 0.545. The van der Waals surface area contributed by atoms with Crippen molar-refractivity contribution in [1.29, 1.82) is 0 Å². The number of nitrogens with one attached hydrogen (secondary N) is 1. The quantitative estimate of drug-likeness (QED) is 0.690. The second-order valence-corrected chi connectivity index (χ2v) is 5.72. The second kappa shape index (κ2) is 7.03. The largest absolute Gasteiger partial charge is 0.480 e. The number of aryl methyl sites for hydroxylation is 2. The van der Waals surface area contributed by atoms with Crippen LogP contribution in [-0.4, -0.2) is 48.5 Å². The van der Waals surface area contributed by atoms with Crippen molar-refractivity contribution in [3.05, 3.63) is 18.0 Å². The van der Waals surface area contributed by atoms with Gasteiger partial charge in [0.1, 0.15) is 6.04 Å². The zero-order valence-electron chi connectivity index (χ0n) is 10.8. The lowest BCUT2D eigenvalue weighted by atomic mass is 10.3. The Morgan fingerprint density at radius 2 is 2.26 bits per heavy atom. The molecule has 2 atom stereocenters. The van der Waals surface area contributed by atoms with E-state index in [2.05, 4.69) is 10.4 Å². The normalized spacial score (nSPS) is 13.8. The molecule has 2 N–H and O–H groups in total. The van der Waals surface area contributed by atoms with Gasteiger partial charge in [0.05, 0.1) is 5.75 Å². The van der Waals surface area contributed by atoms with Crippen LogP contribution in [0.3, 0.4) is 0 Å². The lowest BCUT2D eigenvalue weighted by Gasteiger charge is -2.12. The molecule has 1 rings (SSSR count). The molecule has 1 unspecified atom stereocenters. The van der Waals surface area contributed by atoms with Crippen LogP contribution in [0.4, 0.5) is 0 Å². The maximum Gasteiger partial charge on any atom is 0.327 e. The first-order chi connectivity index (χ1) is 8.90. The fourth-order valence-corrected chi connectivity index (χ4v) is 2.76. The Morgan fingerprint density at radius 1 is 1.58 bits per heavy atom. The molecule has 0 aromatic carbocycles. The minimum atomic E-state index is -1.32. The molecule has 1 amide bonds. The van der Waals surface area contributed by atoms with Gasteiger partial charge in [0.25, 0.3) is 0 Å². The summed E-state index contributed by atoms with van der Waals surface area (Å²) >= 11 is 0. The van der Waals surface area contributed by atoms with E-state index >= 15 is 0 Å². The summed E-state index contributed by atoms with van der Waals surface area (Å²) in [4.78, 5) is 21.7. The van der Waals surface area contributed by atoms with E-state index in [1.54, 1.807) is 17.9 Å². The summed E-state index contributed by atoms with van der Waals surface area (Å²) in [5, 5.41) is 15.2. The number of nitrogens with zero attached hydrogens (tertiary/aromatic N) is 2. The Bertz CT molecular complexity index is 486. The molecule has 1 heterocycles. The van der Waals surface area contributed by atoms with E-state index < -0.39 is 28.7 Å². The summed E-state index contributed by atoms with van der Waals surface area (Å²) in [6, 6.07) is 0.713. The van der Waals surface area contributed by atoms with Crippen LogP contribution < -0.4 is 5.32 Å². The molecule has 0 aliphatic carbocycles. The van der Waals surface area contributed by atoms with Crippen LogP contribution in [0.1, 0.15) is 12.6 Å². The summed E-state index contributed by atoms with van der Waals surface area (Å²) in [7, 11) is 0.471. The maximum absolute atomic E-state index is 11.8. The monoisotopic (exact) mass is 287 g/mol. The summed E-state index contributed by atoms with van der Waals surface area (Å²) in [6.07, 6.45) is 2.20. The van der Waals surface area contributed by atoms with E-state index in [9.17, 15) is 13.8 Å². The molecule has 0 aliphatic heterocycles. The molecule has 1 aromatic rings. The van der Waals surface area contributed by atoms with Gasteiger partial charge in [-0.1, -0.05) is 0 Å². The number of carbonyl (C=O) groups is 2. The minimum absolute atomic E-state index is 0.0905. The van der Waals surface area contributed by atoms with Crippen LogP contribution >= 0.6 is 0 Å². The van der Waals surface area contributed by atoms with Crippen LogP contribution in [0.25, 0.3) is 0 Å². The van der Waals surface area contributed by atoms with Gasteiger partial charge in [-0.15, -0.1) is 0 Å². The first kappa shape index (κ1) is 15.4. The van der Waals surface area contributed by atoms with Gasteiger partial charge in [0.2, 0.25) is 5.91 Å². The van der Waals surface area contributed by atoms with Crippen LogP contribution in [0.2, 0.25) is 0 Å². The van der Waals surface area contributed by atoms with Crippen LogP contribution in [0.15, 0.2) is 12.3 Å². The third-order valence-electron chi connectivity index (χ3n) is 2.54. The first-order valence-corrected chi connectivity index (χ1v) is 7.20. The number of carboxylic acids is 1. The third kappa shape index (κ3) is 5.21. The predicted molar refractivity (Wildman–Crippen MR) is 70.0 cm³/mol. The van der Waals surface area contributed by atoms with Gasteiger partial charge in [-0.2, -0.15) is 5.10 Å². The van der Waals surface area contributed by atoms with Gasteiger partial charge in [-0.05, 0) is 6.07 Å². The Hall–Kier alpha value is -1.70. The minimum Gasteiger partial charge on any atom is -0.480 e. The Kier molecular flexibility index (Phi) is 5.68. The lowest BCUT2D eigenvalue weighted by molar-refractivity contribution is -0.140. The molecule has 1 aromatic heterocycles. The van der Waals surface area contributed by atoms with Gasteiger partial charge in [0, 0.05) is 48.8 Å². The zero-order chi connectivity index (χ0) is 14.4. The van der Waals surface area contributed by atoms with Gasteiger partial charge in [-0.25, -0.2) is 4.79 Å². The molecule has 8 heteroatoms. The highest BCUT2D eigenvalue weighted by Gasteiger charge is 2.21. The van der Waals surface area contributed by atoms with E-state index in [1.807, 2.05) is 6.07 Å². The number of rotatable bonds is 7. The maximum atomic E-state index is 11.8. The van der Waals surface area contributed by atoms with Crippen molar-refractivity contribution in [1.82, 2.24) is 15.1 Å². The predicted octanol–water partition coefficient (Wildman–Crippen LogP) is -0.699. The SMILES string of the molecule is CC(=O)N[C@@H](CS(=O)CCc1ccnn1C)C(=O)O. The van der Waals surface area contributed by atoms with Crippen molar-refractivity contribution in [2.45, 2.75) is 19.4 Å². The second-order valence-electron chi connectivity index (χ2n) is 4.10. The molecular weight excluding hydrogens is 270 g/mol. The lowest BCUT2D eigenvalue weighted by Crippen LogP contribution is -2.43. The molecule has 0 aliphatic rings. The van der Waals surface area contributed by atoms with Gasteiger partial charge in [-0.3, -0.25) is 13.7 Å². The third-order valence-corrected chi connectivity index (χ3v) is 3.90. The average molecular weight is 287 g/mol. The molecule has 0 fully saturated rings. The highest BCUT2D eigenvalue weighted by molar-refractivity contribution is 7.85. The highest BCUT2D eigenvalue weighted by atomic mass is 32.2. The Labute approximate surface area is 113 Å². The number of aromatic nitrogens is 2. The standard InChI is InChI=1S/C11H17N3O4S/c1-8(15)13-10(11(16)17)7-19(18)6-4-9-3-5-12-14(9)2/h3,5,10H,4,6-7H2,1-2H3,(H,13,15)(H,16,17)/t10-,19?/m0/s1. The van der Waals surface area contributed by atoms with Crippen molar-refractivity contribution in [3.8, 4) is 0 Å². The van der Waals surface area contributed by atoms with E-state index in [1.165, 1.54) is 6.92 Å². The molecule has 7 nitrogen and oxygen atoms in total. The average Bonchev–Trinajstić information content (AvgIpc) is 2.70. The van der Waals surface area contributed by atoms with Gasteiger partial charge in [0.15, 0.2) is 0 Å². The summed E-state index contributed by atoms with van der Waals surface area (Å²) in [6.45, 7) is 1.23. The summed E-state index contributed by atoms with van der Waals surface area (Å²) in [5.41, 5.74) is 0.930. The van der Waals surface area contributed by atoms with Gasteiger partial charge >= 0.3 is 5.97 Å². The number of amides is 1.